The van der Waals surface area contributed by atoms with Gasteiger partial charge in [-0.3, -0.25) is 4.79 Å². The molecule has 4 nitrogen and oxygen atoms in total. The highest BCUT2D eigenvalue weighted by atomic mass is 16.3. The maximum Gasteiger partial charge on any atom is 0.239 e. The number of carbonyl (C=O) groups is 1. The number of rotatable bonds is 5. The summed E-state index contributed by atoms with van der Waals surface area (Å²) in [7, 11) is 0. The highest BCUT2D eigenvalue weighted by molar-refractivity contribution is 5.82. The molecule has 1 heterocycles. The van der Waals surface area contributed by atoms with E-state index in [0.29, 0.717) is 19.0 Å². The first kappa shape index (κ1) is 13.5. The third-order valence-electron chi connectivity index (χ3n) is 3.45. The first-order valence-corrected chi connectivity index (χ1v) is 6.35. The molecule has 2 N–H and O–H groups in total. The lowest BCUT2D eigenvalue weighted by Gasteiger charge is -2.32. The van der Waals surface area contributed by atoms with E-state index in [4.69, 9.17) is 5.11 Å². The molecule has 0 aliphatic carbocycles. The smallest absolute Gasteiger partial charge is 0.239 e. The van der Waals surface area contributed by atoms with E-state index >= 15 is 0 Å². The maximum absolute atomic E-state index is 12.1. The van der Waals surface area contributed by atoms with Crippen molar-refractivity contribution in [2.45, 2.75) is 39.2 Å². The van der Waals surface area contributed by atoms with Gasteiger partial charge in [-0.05, 0) is 32.2 Å². The molecule has 2 atom stereocenters. The number of likely N-dealkylation sites (N-methyl/N-ethyl adjacent to an activating group) is 1. The van der Waals surface area contributed by atoms with Gasteiger partial charge >= 0.3 is 0 Å². The Morgan fingerprint density at radius 2 is 2.25 bits per heavy atom. The minimum atomic E-state index is -0.0369. The molecule has 0 aromatic rings. The van der Waals surface area contributed by atoms with Crippen molar-refractivity contribution >= 4 is 5.91 Å². The molecule has 1 aliphatic rings. The van der Waals surface area contributed by atoms with E-state index < -0.39 is 0 Å². The van der Waals surface area contributed by atoms with Crippen LogP contribution in [-0.2, 0) is 4.79 Å². The minimum Gasteiger partial charge on any atom is -0.395 e. The number of nitrogens with one attached hydrogen (secondary N) is 1. The van der Waals surface area contributed by atoms with Gasteiger partial charge in [0, 0.05) is 13.1 Å². The summed E-state index contributed by atoms with van der Waals surface area (Å²) in [5, 5.41) is 12.2. The second-order valence-corrected chi connectivity index (χ2v) is 4.45. The van der Waals surface area contributed by atoms with Gasteiger partial charge in [0.15, 0.2) is 0 Å². The van der Waals surface area contributed by atoms with Crippen molar-refractivity contribution < 1.29 is 9.90 Å². The number of piperidine rings is 1. The van der Waals surface area contributed by atoms with Crippen LogP contribution in [0.25, 0.3) is 0 Å². The van der Waals surface area contributed by atoms with E-state index in [2.05, 4.69) is 12.2 Å². The molecule has 0 bridgehead atoms. The predicted octanol–water partition coefficient (Wildman–Crippen LogP) is 0.605. The highest BCUT2D eigenvalue weighted by Crippen LogP contribution is 2.20. The number of nitrogens with zero attached hydrogens (tertiary/aromatic N) is 1. The van der Waals surface area contributed by atoms with Gasteiger partial charge in [-0.15, -0.1) is 0 Å². The summed E-state index contributed by atoms with van der Waals surface area (Å²) in [6.07, 6.45) is 3.27. The van der Waals surface area contributed by atoms with E-state index in [1.807, 2.05) is 6.92 Å². The molecule has 1 saturated heterocycles. The van der Waals surface area contributed by atoms with Gasteiger partial charge in [0.05, 0.1) is 12.6 Å². The Kier molecular flexibility index (Phi) is 5.77. The Hall–Kier alpha value is -0.610. The molecule has 0 aromatic carbocycles. The molecule has 16 heavy (non-hydrogen) atoms. The van der Waals surface area contributed by atoms with E-state index in [1.165, 1.54) is 6.42 Å². The normalized spacial score (nSPS) is 25.4. The van der Waals surface area contributed by atoms with Gasteiger partial charge in [0.25, 0.3) is 0 Å². The van der Waals surface area contributed by atoms with Gasteiger partial charge in [0.1, 0.15) is 0 Å². The van der Waals surface area contributed by atoms with Crippen molar-refractivity contribution in [1.82, 2.24) is 10.2 Å². The first-order valence-electron chi connectivity index (χ1n) is 6.35. The van der Waals surface area contributed by atoms with Crippen molar-refractivity contribution in [3.05, 3.63) is 0 Å². The number of carbonyl (C=O) groups excluding carboxylic acids is 1. The van der Waals surface area contributed by atoms with Crippen LogP contribution in [-0.4, -0.2) is 48.2 Å². The van der Waals surface area contributed by atoms with Crippen LogP contribution in [0.2, 0.25) is 0 Å². The van der Waals surface area contributed by atoms with Crippen LogP contribution >= 0.6 is 0 Å². The van der Waals surface area contributed by atoms with E-state index in [-0.39, 0.29) is 18.6 Å². The molecule has 4 heteroatoms. The molecule has 0 aromatic heterocycles. The number of hydrogen-bond acceptors (Lipinski definition) is 3. The molecular weight excluding hydrogens is 204 g/mol. The topological polar surface area (TPSA) is 52.6 Å². The summed E-state index contributed by atoms with van der Waals surface area (Å²) in [5.74, 6) is 0.817. The van der Waals surface area contributed by atoms with Crippen molar-refractivity contribution in [2.24, 2.45) is 5.92 Å². The minimum absolute atomic E-state index is 0.0369. The van der Waals surface area contributed by atoms with Crippen LogP contribution < -0.4 is 5.32 Å². The lowest BCUT2D eigenvalue weighted by molar-refractivity contribution is -0.134. The standard InChI is InChI=1S/C12H24N2O2/c1-3-10-5-6-13-11(9-10)12(16)14(4-2)7-8-15/h10-11,13,15H,3-9H2,1-2H3. The monoisotopic (exact) mass is 228 g/mol. The molecule has 1 fully saturated rings. The Labute approximate surface area is 98.0 Å². The molecule has 2 unspecified atom stereocenters. The average Bonchev–Trinajstić information content (AvgIpc) is 2.35. The largest absolute Gasteiger partial charge is 0.395 e. The Morgan fingerprint density at radius 3 is 2.81 bits per heavy atom. The summed E-state index contributed by atoms with van der Waals surface area (Å²) < 4.78 is 0. The second-order valence-electron chi connectivity index (χ2n) is 4.45. The summed E-state index contributed by atoms with van der Waals surface area (Å²) in [6.45, 7) is 6.24. The van der Waals surface area contributed by atoms with Crippen molar-refractivity contribution in [3.8, 4) is 0 Å². The van der Waals surface area contributed by atoms with Crippen LogP contribution in [0.15, 0.2) is 0 Å². The molecule has 0 spiro atoms. The zero-order valence-corrected chi connectivity index (χ0v) is 10.4. The van der Waals surface area contributed by atoms with Crippen LogP contribution in [0.1, 0.15) is 33.1 Å². The lowest BCUT2D eigenvalue weighted by atomic mass is 9.90. The van der Waals surface area contributed by atoms with Crippen molar-refractivity contribution in [1.29, 1.82) is 0 Å². The molecule has 0 radical (unpaired) electrons. The summed E-state index contributed by atoms with van der Waals surface area (Å²) in [6, 6.07) is -0.0369. The summed E-state index contributed by atoms with van der Waals surface area (Å²) in [5.41, 5.74) is 0. The highest BCUT2D eigenvalue weighted by Gasteiger charge is 2.28. The quantitative estimate of drug-likeness (QED) is 0.725. The molecular formula is C12H24N2O2. The zero-order valence-electron chi connectivity index (χ0n) is 10.4. The second kappa shape index (κ2) is 6.86. The average molecular weight is 228 g/mol. The van der Waals surface area contributed by atoms with Crippen LogP contribution in [0.5, 0.6) is 0 Å². The molecule has 1 amide bonds. The number of amides is 1. The molecule has 1 rings (SSSR count). The van der Waals surface area contributed by atoms with Crippen LogP contribution in [0.4, 0.5) is 0 Å². The van der Waals surface area contributed by atoms with E-state index in [1.54, 1.807) is 4.90 Å². The van der Waals surface area contributed by atoms with E-state index in [0.717, 1.165) is 19.4 Å². The van der Waals surface area contributed by atoms with Gasteiger partial charge in [-0.25, -0.2) is 0 Å². The molecule has 1 aliphatic heterocycles. The molecule has 94 valence electrons. The zero-order chi connectivity index (χ0) is 12.0. The van der Waals surface area contributed by atoms with Gasteiger partial charge in [-0.1, -0.05) is 13.3 Å². The SMILES string of the molecule is CCC1CCNC(C(=O)N(CC)CCO)C1. The van der Waals surface area contributed by atoms with E-state index in [9.17, 15) is 4.79 Å². The maximum atomic E-state index is 12.1. The van der Waals surface area contributed by atoms with Crippen LogP contribution in [0, 0.1) is 5.92 Å². The predicted molar refractivity (Wildman–Crippen MR) is 64.1 cm³/mol. The summed E-state index contributed by atoms with van der Waals surface area (Å²) >= 11 is 0. The fraction of sp³-hybridized carbons (Fsp3) is 0.917. The van der Waals surface area contributed by atoms with Gasteiger partial charge in [0.2, 0.25) is 5.91 Å². The first-order chi connectivity index (χ1) is 7.72. The number of aliphatic hydroxyl groups excluding tert-OH is 1. The Morgan fingerprint density at radius 1 is 1.50 bits per heavy atom. The van der Waals surface area contributed by atoms with Crippen molar-refractivity contribution in [2.75, 3.05) is 26.2 Å². The third-order valence-corrected chi connectivity index (χ3v) is 3.45. The van der Waals surface area contributed by atoms with Gasteiger partial charge in [-0.2, -0.15) is 0 Å². The fourth-order valence-corrected chi connectivity index (χ4v) is 2.32. The third kappa shape index (κ3) is 3.46. The fourth-order valence-electron chi connectivity index (χ4n) is 2.32. The van der Waals surface area contributed by atoms with Crippen molar-refractivity contribution in [3.63, 3.8) is 0 Å². The lowest BCUT2D eigenvalue weighted by Crippen LogP contribution is -2.50. The Balaban J connectivity index is 2.51. The molecule has 0 saturated carbocycles. The number of hydrogen-bond donors (Lipinski definition) is 2. The Bertz CT molecular complexity index is 221. The van der Waals surface area contributed by atoms with Crippen LogP contribution in [0.3, 0.4) is 0 Å². The van der Waals surface area contributed by atoms with Gasteiger partial charge < -0.3 is 15.3 Å². The number of aliphatic hydroxyl groups is 1. The summed E-state index contributed by atoms with van der Waals surface area (Å²) in [4.78, 5) is 13.9.